The van der Waals surface area contributed by atoms with Crippen LogP contribution in [-0.2, 0) is 6.54 Å². The second-order valence-electron chi connectivity index (χ2n) is 5.47. The summed E-state index contributed by atoms with van der Waals surface area (Å²) in [6.07, 6.45) is 1.30. The Morgan fingerprint density at radius 2 is 2.05 bits per heavy atom. The van der Waals surface area contributed by atoms with Crippen molar-refractivity contribution in [2.24, 2.45) is 0 Å². The molecule has 2 heterocycles. The molecule has 0 aliphatic carbocycles. The topological polar surface area (TPSA) is 25.4 Å². The Morgan fingerprint density at radius 1 is 1.24 bits per heavy atom. The minimum absolute atomic E-state index is 0.238. The van der Waals surface area contributed by atoms with Gasteiger partial charge in [-0.05, 0) is 40.9 Å². The molecule has 1 fully saturated rings. The van der Waals surface area contributed by atoms with Crippen molar-refractivity contribution in [2.45, 2.75) is 26.0 Å². The van der Waals surface area contributed by atoms with Crippen LogP contribution in [0.4, 0.5) is 0 Å². The molecule has 3 nitrogen and oxygen atoms in total. The number of aromatic nitrogens is 1. The molecule has 1 aromatic heterocycles. The predicted molar refractivity (Wildman–Crippen MR) is 87.4 cm³/mol. The Hall–Kier alpha value is -1.39. The summed E-state index contributed by atoms with van der Waals surface area (Å²) in [6.45, 7) is 5.02. The Morgan fingerprint density at radius 3 is 2.81 bits per heavy atom. The molecule has 0 spiro atoms. The molecule has 1 saturated heterocycles. The summed E-state index contributed by atoms with van der Waals surface area (Å²) in [7, 11) is 0. The van der Waals surface area contributed by atoms with Crippen LogP contribution in [0.15, 0.2) is 46.9 Å². The van der Waals surface area contributed by atoms with Gasteiger partial charge in [0, 0.05) is 30.2 Å². The number of aryl methyl sites for hydroxylation is 1. The van der Waals surface area contributed by atoms with Crippen molar-refractivity contribution in [3.8, 4) is 5.88 Å². The van der Waals surface area contributed by atoms with E-state index in [9.17, 15) is 0 Å². The van der Waals surface area contributed by atoms with Gasteiger partial charge in [0.25, 0.3) is 0 Å². The second-order valence-corrected chi connectivity index (χ2v) is 6.32. The summed E-state index contributed by atoms with van der Waals surface area (Å²) in [5, 5.41) is 0. The van der Waals surface area contributed by atoms with Crippen LogP contribution >= 0.6 is 15.9 Å². The van der Waals surface area contributed by atoms with Crippen LogP contribution in [0.3, 0.4) is 0 Å². The number of likely N-dealkylation sites (tertiary alicyclic amines) is 1. The first-order valence-electron chi connectivity index (χ1n) is 7.27. The highest BCUT2D eigenvalue weighted by Crippen LogP contribution is 2.21. The third-order valence-electron chi connectivity index (χ3n) is 3.76. The monoisotopic (exact) mass is 346 g/mol. The summed E-state index contributed by atoms with van der Waals surface area (Å²) >= 11 is 3.46. The number of pyridine rings is 1. The number of halogens is 1. The van der Waals surface area contributed by atoms with Crippen LogP contribution in [0.25, 0.3) is 0 Å². The number of rotatable bonds is 4. The molecule has 0 saturated carbocycles. The van der Waals surface area contributed by atoms with Crippen LogP contribution in [0.5, 0.6) is 5.88 Å². The number of benzene rings is 1. The molecule has 1 aliphatic rings. The van der Waals surface area contributed by atoms with Gasteiger partial charge in [-0.3, -0.25) is 4.90 Å². The molecule has 0 N–H and O–H groups in total. The Bertz CT molecular complexity index is 603. The quantitative estimate of drug-likeness (QED) is 0.841. The molecule has 0 radical (unpaired) electrons. The lowest BCUT2D eigenvalue weighted by Crippen LogP contribution is -2.24. The van der Waals surface area contributed by atoms with Crippen LogP contribution in [0.2, 0.25) is 0 Å². The fraction of sp³-hybridized carbons (Fsp3) is 0.353. The van der Waals surface area contributed by atoms with Gasteiger partial charge in [0.15, 0.2) is 0 Å². The average molecular weight is 347 g/mol. The van der Waals surface area contributed by atoms with Gasteiger partial charge >= 0.3 is 0 Å². The maximum atomic E-state index is 6.01. The van der Waals surface area contributed by atoms with Crippen molar-refractivity contribution < 1.29 is 4.74 Å². The van der Waals surface area contributed by atoms with Gasteiger partial charge in [0.05, 0.1) is 5.69 Å². The van der Waals surface area contributed by atoms with Gasteiger partial charge < -0.3 is 4.74 Å². The fourth-order valence-corrected chi connectivity index (χ4v) is 2.86. The number of hydrogen-bond acceptors (Lipinski definition) is 3. The fourth-order valence-electron chi connectivity index (χ4n) is 2.64. The van der Waals surface area contributed by atoms with Crippen molar-refractivity contribution in [3.05, 3.63) is 58.2 Å². The Balaban J connectivity index is 1.56. The maximum absolute atomic E-state index is 6.01. The van der Waals surface area contributed by atoms with Gasteiger partial charge in [-0.15, -0.1) is 0 Å². The lowest BCUT2D eigenvalue weighted by atomic mass is 10.2. The molecule has 1 unspecified atom stereocenters. The summed E-state index contributed by atoms with van der Waals surface area (Å²) in [5.74, 6) is 0.724. The molecule has 110 valence electrons. The molecular formula is C17H19BrN2O. The first-order valence-corrected chi connectivity index (χ1v) is 8.06. The molecule has 1 atom stereocenters. The van der Waals surface area contributed by atoms with Crippen molar-refractivity contribution in [3.63, 3.8) is 0 Å². The lowest BCUT2D eigenvalue weighted by Gasteiger charge is -2.16. The summed E-state index contributed by atoms with van der Waals surface area (Å²) in [6, 6.07) is 14.5. The summed E-state index contributed by atoms with van der Waals surface area (Å²) in [4.78, 5) is 6.89. The normalized spacial score (nSPS) is 18.9. The molecule has 3 rings (SSSR count). The Labute approximate surface area is 134 Å². The van der Waals surface area contributed by atoms with E-state index in [1.807, 2.05) is 19.1 Å². The largest absolute Gasteiger partial charge is 0.473 e. The predicted octanol–water partition coefficient (Wildman–Crippen LogP) is 3.81. The standard InChI is InChI=1S/C17H19BrN2O/c1-13-16(18)7-8-17(19-13)21-15-9-10-20(12-15)11-14-5-3-2-4-6-14/h2-8,15H,9-12H2,1H3. The zero-order chi connectivity index (χ0) is 14.7. The van der Waals surface area contributed by atoms with E-state index in [1.54, 1.807) is 0 Å². The van der Waals surface area contributed by atoms with E-state index in [2.05, 4.69) is 56.1 Å². The highest BCUT2D eigenvalue weighted by molar-refractivity contribution is 9.10. The van der Waals surface area contributed by atoms with Gasteiger partial charge in [0.2, 0.25) is 5.88 Å². The van der Waals surface area contributed by atoms with E-state index in [0.717, 1.165) is 42.1 Å². The van der Waals surface area contributed by atoms with Crippen molar-refractivity contribution in [2.75, 3.05) is 13.1 Å². The van der Waals surface area contributed by atoms with Crippen molar-refractivity contribution in [1.82, 2.24) is 9.88 Å². The first kappa shape index (κ1) is 14.5. The second kappa shape index (κ2) is 6.58. The molecule has 1 aliphatic heterocycles. The maximum Gasteiger partial charge on any atom is 0.213 e. The van der Waals surface area contributed by atoms with Gasteiger partial charge in [-0.1, -0.05) is 30.3 Å². The highest BCUT2D eigenvalue weighted by atomic mass is 79.9. The zero-order valence-electron chi connectivity index (χ0n) is 12.1. The van der Waals surface area contributed by atoms with Crippen molar-refractivity contribution in [1.29, 1.82) is 0 Å². The van der Waals surface area contributed by atoms with Crippen molar-refractivity contribution >= 4 is 15.9 Å². The number of hydrogen-bond donors (Lipinski definition) is 0. The van der Waals surface area contributed by atoms with E-state index >= 15 is 0 Å². The summed E-state index contributed by atoms with van der Waals surface area (Å²) < 4.78 is 7.03. The molecule has 2 aromatic rings. The minimum Gasteiger partial charge on any atom is -0.473 e. The zero-order valence-corrected chi connectivity index (χ0v) is 13.7. The van der Waals surface area contributed by atoms with Crippen LogP contribution in [0.1, 0.15) is 17.7 Å². The third kappa shape index (κ3) is 3.83. The third-order valence-corrected chi connectivity index (χ3v) is 4.60. The van der Waals surface area contributed by atoms with E-state index in [-0.39, 0.29) is 6.10 Å². The average Bonchev–Trinajstić information content (AvgIpc) is 2.91. The van der Waals surface area contributed by atoms with Crippen LogP contribution in [0, 0.1) is 6.92 Å². The van der Waals surface area contributed by atoms with Gasteiger partial charge in [-0.2, -0.15) is 0 Å². The van der Waals surface area contributed by atoms with Crippen LogP contribution < -0.4 is 4.74 Å². The van der Waals surface area contributed by atoms with Gasteiger partial charge in [0.1, 0.15) is 6.10 Å². The van der Waals surface area contributed by atoms with Gasteiger partial charge in [-0.25, -0.2) is 4.98 Å². The van der Waals surface area contributed by atoms with Crippen LogP contribution in [-0.4, -0.2) is 29.1 Å². The number of nitrogens with zero attached hydrogens (tertiary/aromatic N) is 2. The highest BCUT2D eigenvalue weighted by Gasteiger charge is 2.24. The molecular weight excluding hydrogens is 328 g/mol. The molecule has 4 heteroatoms. The SMILES string of the molecule is Cc1nc(OC2CCN(Cc3ccccc3)C2)ccc1Br. The van der Waals surface area contributed by atoms with E-state index in [4.69, 9.17) is 4.74 Å². The smallest absolute Gasteiger partial charge is 0.213 e. The molecule has 21 heavy (non-hydrogen) atoms. The van der Waals surface area contributed by atoms with E-state index < -0.39 is 0 Å². The minimum atomic E-state index is 0.238. The lowest BCUT2D eigenvalue weighted by molar-refractivity contribution is 0.191. The number of ether oxygens (including phenoxy) is 1. The summed E-state index contributed by atoms with van der Waals surface area (Å²) in [5.41, 5.74) is 2.32. The molecule has 0 bridgehead atoms. The van der Waals surface area contributed by atoms with E-state index in [0.29, 0.717) is 0 Å². The first-order chi connectivity index (χ1) is 10.2. The van der Waals surface area contributed by atoms with E-state index in [1.165, 1.54) is 5.56 Å². The molecule has 1 aromatic carbocycles. The Kier molecular flexibility index (Phi) is 4.56. The molecule has 0 amide bonds.